The van der Waals surface area contributed by atoms with Crippen LogP contribution in [0.4, 0.5) is 14.7 Å². The number of hydrogen-bond donors (Lipinski definition) is 0. The van der Waals surface area contributed by atoms with Crippen LogP contribution in [0.2, 0.25) is 0 Å². The number of hydrogen-bond acceptors (Lipinski definition) is 5. The van der Waals surface area contributed by atoms with Crippen LogP contribution >= 0.6 is 0 Å². The largest absolute Gasteiger partial charge is 0.341 e. The van der Waals surface area contributed by atoms with Crippen molar-refractivity contribution in [3.8, 4) is 0 Å². The van der Waals surface area contributed by atoms with E-state index in [-0.39, 0.29) is 11.9 Å². The Kier molecular flexibility index (Phi) is 4.27. The van der Waals surface area contributed by atoms with Crippen molar-refractivity contribution >= 4 is 11.9 Å². The van der Waals surface area contributed by atoms with Crippen molar-refractivity contribution in [1.29, 1.82) is 0 Å². The van der Waals surface area contributed by atoms with E-state index in [0.29, 0.717) is 24.5 Å². The number of nitrogens with zero attached hydrogens (tertiary/aromatic N) is 5. The number of aryl methyl sites for hydroxylation is 1. The second kappa shape index (κ2) is 6.73. The van der Waals surface area contributed by atoms with Gasteiger partial charge in [-0.2, -0.15) is 0 Å². The van der Waals surface area contributed by atoms with Crippen LogP contribution in [0.15, 0.2) is 30.6 Å². The molecule has 1 atom stereocenters. The summed E-state index contributed by atoms with van der Waals surface area (Å²) in [6.07, 6.45) is 5.74. The molecule has 3 aliphatic heterocycles. The Bertz CT molecular complexity index is 922. The number of aromatic nitrogens is 2. The summed E-state index contributed by atoms with van der Waals surface area (Å²) in [6, 6.07) is 3.25. The van der Waals surface area contributed by atoms with Gasteiger partial charge in [0, 0.05) is 44.6 Å². The van der Waals surface area contributed by atoms with Gasteiger partial charge in [0.05, 0.1) is 11.5 Å². The molecule has 1 aromatic carbocycles. The van der Waals surface area contributed by atoms with Crippen LogP contribution in [0.3, 0.4) is 0 Å². The molecule has 1 amide bonds. The number of rotatable bonds is 2. The lowest BCUT2D eigenvalue weighted by Crippen LogP contribution is -2.46. The number of amides is 1. The molecule has 0 unspecified atom stereocenters. The summed E-state index contributed by atoms with van der Waals surface area (Å²) < 4.78 is 27.5. The molecule has 5 rings (SSSR count). The zero-order valence-electron chi connectivity index (χ0n) is 16.3. The molecule has 4 heterocycles. The number of fused-ring (bicyclic) bond motifs is 1. The number of carbonyl (C=O) groups is 1. The van der Waals surface area contributed by atoms with Gasteiger partial charge < -0.3 is 4.90 Å². The Hall–Kier alpha value is -2.61. The molecule has 6 nitrogen and oxygen atoms in total. The third kappa shape index (κ3) is 3.06. The topological polar surface area (TPSA) is 52.6 Å². The molecule has 0 bridgehead atoms. The third-order valence-corrected chi connectivity index (χ3v) is 6.45. The van der Waals surface area contributed by atoms with Gasteiger partial charge in [-0.1, -0.05) is 0 Å². The van der Waals surface area contributed by atoms with E-state index in [2.05, 4.69) is 19.9 Å². The van der Waals surface area contributed by atoms with Gasteiger partial charge in [-0.05, 0) is 49.4 Å². The lowest BCUT2D eigenvalue weighted by Gasteiger charge is -2.37. The number of anilines is 1. The molecular weight excluding hydrogens is 376 g/mol. The van der Waals surface area contributed by atoms with Gasteiger partial charge in [0.25, 0.3) is 0 Å². The SMILES string of the molecule is Cc1cnc(N2CCC3(CC2)CN2CC[C@@H](c4cc(F)cc(F)c4)N2C3=O)nc1. The van der Waals surface area contributed by atoms with E-state index in [1.54, 1.807) is 17.4 Å². The maximum Gasteiger partial charge on any atom is 0.245 e. The van der Waals surface area contributed by atoms with E-state index < -0.39 is 17.0 Å². The molecule has 0 aliphatic carbocycles. The van der Waals surface area contributed by atoms with Crippen molar-refractivity contribution in [1.82, 2.24) is 20.0 Å². The van der Waals surface area contributed by atoms with Crippen LogP contribution in [-0.4, -0.2) is 52.1 Å². The molecule has 8 heteroatoms. The van der Waals surface area contributed by atoms with Crippen LogP contribution in [-0.2, 0) is 4.79 Å². The highest BCUT2D eigenvalue weighted by molar-refractivity contribution is 5.85. The summed E-state index contributed by atoms with van der Waals surface area (Å²) in [5.74, 6) is -0.434. The first kappa shape index (κ1) is 18.4. The van der Waals surface area contributed by atoms with Crippen molar-refractivity contribution in [2.24, 2.45) is 5.41 Å². The average molecular weight is 399 g/mol. The fourth-order valence-corrected chi connectivity index (χ4v) is 4.91. The number of carbonyl (C=O) groups excluding carboxylic acids is 1. The summed E-state index contributed by atoms with van der Waals surface area (Å²) in [7, 11) is 0. The quantitative estimate of drug-likeness (QED) is 0.777. The Morgan fingerprint density at radius 3 is 2.34 bits per heavy atom. The standard InChI is InChI=1S/C21H23F2N5O/c1-14-11-24-20(25-12-14)26-6-3-21(4-7-26)13-27-5-2-18(28(27)19(21)29)15-8-16(22)10-17(23)9-15/h8-12,18H,2-7,13H2,1H3/t18-/m0/s1. The van der Waals surface area contributed by atoms with Gasteiger partial charge >= 0.3 is 0 Å². The lowest BCUT2D eigenvalue weighted by molar-refractivity contribution is -0.143. The van der Waals surface area contributed by atoms with E-state index in [9.17, 15) is 13.6 Å². The molecule has 1 spiro atoms. The zero-order valence-corrected chi connectivity index (χ0v) is 16.3. The summed E-state index contributed by atoms with van der Waals surface area (Å²) in [4.78, 5) is 24.4. The molecule has 3 saturated heterocycles. The van der Waals surface area contributed by atoms with E-state index in [1.165, 1.54) is 12.1 Å². The van der Waals surface area contributed by atoms with E-state index in [1.807, 2.05) is 6.92 Å². The predicted octanol–water partition coefficient (Wildman–Crippen LogP) is 2.85. The molecule has 0 saturated carbocycles. The van der Waals surface area contributed by atoms with Crippen molar-refractivity contribution in [3.05, 3.63) is 53.4 Å². The zero-order chi connectivity index (χ0) is 20.2. The first-order valence-corrected chi connectivity index (χ1v) is 10.0. The number of benzene rings is 1. The Morgan fingerprint density at radius 1 is 1.03 bits per heavy atom. The summed E-state index contributed by atoms with van der Waals surface area (Å²) in [5.41, 5.74) is 1.11. The van der Waals surface area contributed by atoms with Crippen LogP contribution < -0.4 is 4.90 Å². The van der Waals surface area contributed by atoms with Crippen molar-refractivity contribution < 1.29 is 13.6 Å². The van der Waals surface area contributed by atoms with E-state index in [4.69, 9.17) is 0 Å². The van der Waals surface area contributed by atoms with Gasteiger partial charge in [0.1, 0.15) is 11.6 Å². The highest BCUT2D eigenvalue weighted by Gasteiger charge is 2.56. The molecule has 0 radical (unpaired) electrons. The van der Waals surface area contributed by atoms with Crippen LogP contribution in [0, 0.1) is 24.0 Å². The second-order valence-electron chi connectivity index (χ2n) is 8.37. The van der Waals surface area contributed by atoms with Gasteiger partial charge in [-0.25, -0.2) is 23.8 Å². The Labute approximate surface area is 168 Å². The van der Waals surface area contributed by atoms with Crippen molar-refractivity contribution in [3.63, 3.8) is 0 Å². The molecule has 3 fully saturated rings. The molecule has 2 aromatic rings. The third-order valence-electron chi connectivity index (χ3n) is 6.45. The highest BCUT2D eigenvalue weighted by Crippen LogP contribution is 2.47. The molecular formula is C21H23F2N5O. The molecule has 29 heavy (non-hydrogen) atoms. The first-order valence-electron chi connectivity index (χ1n) is 10.0. The molecule has 1 aromatic heterocycles. The normalized spacial score (nSPS) is 23.8. The molecule has 3 aliphatic rings. The maximum absolute atomic E-state index is 13.7. The highest BCUT2D eigenvalue weighted by atomic mass is 19.1. The van der Waals surface area contributed by atoms with Gasteiger partial charge in [-0.15, -0.1) is 0 Å². The Balaban J connectivity index is 1.34. The first-order chi connectivity index (χ1) is 13.9. The van der Waals surface area contributed by atoms with Crippen LogP contribution in [0.1, 0.15) is 36.4 Å². The maximum atomic E-state index is 13.7. The van der Waals surface area contributed by atoms with Gasteiger partial charge in [0.2, 0.25) is 11.9 Å². The minimum Gasteiger partial charge on any atom is -0.341 e. The smallest absolute Gasteiger partial charge is 0.245 e. The minimum absolute atomic E-state index is 0.0779. The minimum atomic E-state index is -0.605. The summed E-state index contributed by atoms with van der Waals surface area (Å²) in [6.45, 7) is 4.78. The number of hydrazine groups is 1. The van der Waals surface area contributed by atoms with Crippen LogP contribution in [0.25, 0.3) is 0 Å². The second-order valence-corrected chi connectivity index (χ2v) is 8.37. The average Bonchev–Trinajstić information content (AvgIpc) is 3.21. The Morgan fingerprint density at radius 2 is 1.69 bits per heavy atom. The van der Waals surface area contributed by atoms with Crippen molar-refractivity contribution in [2.75, 3.05) is 31.1 Å². The predicted molar refractivity (Wildman–Crippen MR) is 103 cm³/mol. The van der Waals surface area contributed by atoms with E-state index in [0.717, 1.165) is 44.1 Å². The summed E-state index contributed by atoms with van der Waals surface area (Å²) in [5, 5.41) is 3.82. The number of halogens is 2. The van der Waals surface area contributed by atoms with Gasteiger partial charge in [0.15, 0.2) is 0 Å². The van der Waals surface area contributed by atoms with Crippen molar-refractivity contribution in [2.45, 2.75) is 32.2 Å². The monoisotopic (exact) mass is 399 g/mol. The fourth-order valence-electron chi connectivity index (χ4n) is 4.91. The molecule has 152 valence electrons. The molecule has 0 N–H and O–H groups in total. The lowest BCUT2D eigenvalue weighted by atomic mass is 9.78. The summed E-state index contributed by atoms with van der Waals surface area (Å²) >= 11 is 0. The van der Waals surface area contributed by atoms with E-state index >= 15 is 0 Å². The fraction of sp³-hybridized carbons (Fsp3) is 0.476. The number of piperidine rings is 1. The van der Waals surface area contributed by atoms with Crippen LogP contribution in [0.5, 0.6) is 0 Å². The van der Waals surface area contributed by atoms with Gasteiger partial charge in [-0.3, -0.25) is 9.80 Å².